The summed E-state index contributed by atoms with van der Waals surface area (Å²) in [5, 5.41) is 0.526. The van der Waals surface area contributed by atoms with E-state index in [4.69, 9.17) is 10.2 Å². The monoisotopic (exact) mass is 256 g/mol. The Morgan fingerprint density at radius 1 is 1.26 bits per heavy atom. The Labute approximate surface area is 107 Å². The van der Waals surface area contributed by atoms with E-state index in [0.29, 0.717) is 5.39 Å². The first-order valence-corrected chi connectivity index (χ1v) is 5.60. The maximum Gasteiger partial charge on any atom is 0.248 e. The number of pyridine rings is 1. The van der Waals surface area contributed by atoms with Gasteiger partial charge in [-0.05, 0) is 24.3 Å². The van der Waals surface area contributed by atoms with E-state index in [2.05, 4.69) is 4.98 Å². The van der Waals surface area contributed by atoms with E-state index >= 15 is 0 Å². The van der Waals surface area contributed by atoms with Crippen LogP contribution in [0.1, 0.15) is 16.2 Å². The zero-order chi connectivity index (χ0) is 13.4. The molecule has 0 aliphatic rings. The lowest BCUT2D eigenvalue weighted by molar-refractivity contribution is 0.101. The van der Waals surface area contributed by atoms with Gasteiger partial charge < -0.3 is 10.2 Å². The lowest BCUT2D eigenvalue weighted by atomic mass is 10.1. The molecule has 0 aliphatic heterocycles. The molecule has 19 heavy (non-hydrogen) atoms. The van der Waals surface area contributed by atoms with Crippen molar-refractivity contribution in [3.8, 4) is 0 Å². The highest BCUT2D eigenvalue weighted by atomic mass is 19.1. The predicted octanol–water partition coefficient (Wildman–Crippen LogP) is 2.78. The van der Waals surface area contributed by atoms with E-state index in [1.807, 2.05) is 0 Å². The van der Waals surface area contributed by atoms with Crippen molar-refractivity contribution >= 4 is 22.4 Å². The van der Waals surface area contributed by atoms with E-state index in [-0.39, 0.29) is 22.7 Å². The summed E-state index contributed by atoms with van der Waals surface area (Å²) >= 11 is 0. The largest absolute Gasteiger partial charge is 0.449 e. The quantitative estimate of drug-likeness (QED) is 0.716. The van der Waals surface area contributed by atoms with Crippen LogP contribution in [0.15, 0.2) is 47.0 Å². The van der Waals surface area contributed by atoms with E-state index in [0.717, 1.165) is 0 Å². The van der Waals surface area contributed by atoms with Crippen molar-refractivity contribution in [3.05, 3.63) is 59.9 Å². The van der Waals surface area contributed by atoms with Crippen molar-refractivity contribution in [2.75, 3.05) is 5.73 Å². The molecule has 1 aromatic carbocycles. The summed E-state index contributed by atoms with van der Waals surface area (Å²) in [6.07, 6.45) is 1.47. The van der Waals surface area contributed by atoms with Gasteiger partial charge in [-0.1, -0.05) is 12.1 Å². The number of nitrogens with zero attached hydrogens (tertiary/aromatic N) is 1. The number of halogens is 1. The number of ketones is 1. The molecule has 2 N–H and O–H groups in total. The molecular weight excluding hydrogens is 247 g/mol. The van der Waals surface area contributed by atoms with Crippen LogP contribution in [0, 0.1) is 5.82 Å². The minimum Gasteiger partial charge on any atom is -0.449 e. The molecule has 2 aromatic heterocycles. The van der Waals surface area contributed by atoms with Crippen LogP contribution < -0.4 is 5.73 Å². The molecule has 0 spiro atoms. The third-order valence-corrected chi connectivity index (χ3v) is 2.77. The Hall–Kier alpha value is -2.69. The molecule has 3 rings (SSSR count). The summed E-state index contributed by atoms with van der Waals surface area (Å²) in [6.45, 7) is 0. The Kier molecular flexibility index (Phi) is 2.52. The Bertz CT molecular complexity index is 780. The van der Waals surface area contributed by atoms with Gasteiger partial charge in [0.2, 0.25) is 5.78 Å². The van der Waals surface area contributed by atoms with Crippen LogP contribution in [-0.4, -0.2) is 10.8 Å². The van der Waals surface area contributed by atoms with Crippen molar-refractivity contribution < 1.29 is 13.6 Å². The number of nitrogen functional groups attached to an aromatic ring is 1. The van der Waals surface area contributed by atoms with Gasteiger partial charge >= 0.3 is 0 Å². The number of para-hydroxylation sites is 1. The van der Waals surface area contributed by atoms with E-state index < -0.39 is 11.6 Å². The van der Waals surface area contributed by atoms with Gasteiger partial charge in [-0.15, -0.1) is 0 Å². The highest BCUT2D eigenvalue weighted by molar-refractivity contribution is 6.10. The van der Waals surface area contributed by atoms with Crippen LogP contribution >= 0.6 is 0 Å². The van der Waals surface area contributed by atoms with Crippen LogP contribution in [-0.2, 0) is 0 Å². The summed E-state index contributed by atoms with van der Waals surface area (Å²) in [5.74, 6) is -0.954. The molecule has 0 unspecified atom stereocenters. The first-order valence-electron chi connectivity index (χ1n) is 5.60. The minimum absolute atomic E-state index is 0.0190. The first kappa shape index (κ1) is 11.4. The van der Waals surface area contributed by atoms with E-state index in [1.165, 1.54) is 18.3 Å². The molecule has 0 bridgehead atoms. The van der Waals surface area contributed by atoms with Gasteiger partial charge in [0.05, 0.1) is 5.69 Å². The van der Waals surface area contributed by atoms with Gasteiger partial charge in [-0.3, -0.25) is 9.78 Å². The molecule has 0 fully saturated rings. The number of aromatic nitrogens is 1. The van der Waals surface area contributed by atoms with Gasteiger partial charge in [0, 0.05) is 11.6 Å². The molecule has 5 heteroatoms. The standard InChI is InChI=1S/C14H9FN2O2/c15-9-4-1-3-8-7-11(19-14(8)9)13(18)12-10(16)5-2-6-17-12/h1-7H,16H2. The maximum absolute atomic E-state index is 13.5. The van der Waals surface area contributed by atoms with Gasteiger partial charge in [0.1, 0.15) is 5.69 Å². The fraction of sp³-hybridized carbons (Fsp3) is 0. The third-order valence-electron chi connectivity index (χ3n) is 2.77. The molecule has 4 nitrogen and oxygen atoms in total. The van der Waals surface area contributed by atoms with Gasteiger partial charge in [0.25, 0.3) is 0 Å². The number of rotatable bonds is 2. The van der Waals surface area contributed by atoms with Crippen molar-refractivity contribution in [2.45, 2.75) is 0 Å². The second-order valence-corrected chi connectivity index (χ2v) is 4.04. The SMILES string of the molecule is Nc1cccnc1C(=O)c1cc2cccc(F)c2o1. The normalized spacial score (nSPS) is 10.8. The molecule has 0 radical (unpaired) electrons. The van der Waals surface area contributed by atoms with Crippen LogP contribution in [0.5, 0.6) is 0 Å². The van der Waals surface area contributed by atoms with Crippen LogP contribution in [0.25, 0.3) is 11.0 Å². The van der Waals surface area contributed by atoms with Crippen molar-refractivity contribution in [2.24, 2.45) is 0 Å². The average Bonchev–Trinajstić information content (AvgIpc) is 2.84. The number of fused-ring (bicyclic) bond motifs is 1. The summed E-state index contributed by atoms with van der Waals surface area (Å²) in [6, 6.07) is 9.18. The number of benzene rings is 1. The Morgan fingerprint density at radius 3 is 2.84 bits per heavy atom. The molecule has 0 atom stereocenters. The number of hydrogen-bond acceptors (Lipinski definition) is 4. The van der Waals surface area contributed by atoms with Crippen LogP contribution in [0.3, 0.4) is 0 Å². The highest BCUT2D eigenvalue weighted by Gasteiger charge is 2.19. The topological polar surface area (TPSA) is 69.1 Å². The van der Waals surface area contributed by atoms with Crippen molar-refractivity contribution in [3.63, 3.8) is 0 Å². The Balaban J connectivity index is 2.12. The number of hydrogen-bond donors (Lipinski definition) is 1. The lowest BCUT2D eigenvalue weighted by Gasteiger charge is -1.99. The zero-order valence-electron chi connectivity index (χ0n) is 9.76. The number of furan rings is 1. The van der Waals surface area contributed by atoms with Crippen molar-refractivity contribution in [1.29, 1.82) is 0 Å². The smallest absolute Gasteiger partial charge is 0.248 e. The van der Waals surface area contributed by atoms with Crippen molar-refractivity contribution in [1.82, 2.24) is 4.98 Å². The van der Waals surface area contributed by atoms with Crippen LogP contribution in [0.2, 0.25) is 0 Å². The fourth-order valence-corrected chi connectivity index (χ4v) is 1.86. The molecule has 0 amide bonds. The number of nitrogens with two attached hydrogens (primary N) is 1. The maximum atomic E-state index is 13.5. The predicted molar refractivity (Wildman–Crippen MR) is 68.3 cm³/mol. The number of carbonyl (C=O) groups excluding carboxylic acids is 1. The molecule has 0 saturated carbocycles. The minimum atomic E-state index is -0.509. The van der Waals surface area contributed by atoms with Gasteiger partial charge in [-0.25, -0.2) is 4.39 Å². The van der Waals surface area contributed by atoms with E-state index in [9.17, 15) is 9.18 Å². The van der Waals surface area contributed by atoms with Gasteiger partial charge in [-0.2, -0.15) is 0 Å². The molecule has 0 saturated heterocycles. The second-order valence-electron chi connectivity index (χ2n) is 4.04. The number of anilines is 1. The third kappa shape index (κ3) is 1.85. The number of carbonyl (C=O) groups is 1. The summed E-state index contributed by atoms with van der Waals surface area (Å²) in [5.41, 5.74) is 6.10. The summed E-state index contributed by atoms with van der Waals surface area (Å²) in [7, 11) is 0. The summed E-state index contributed by atoms with van der Waals surface area (Å²) < 4.78 is 18.7. The van der Waals surface area contributed by atoms with Gasteiger partial charge in [0.15, 0.2) is 17.2 Å². The van der Waals surface area contributed by atoms with Crippen LogP contribution in [0.4, 0.5) is 10.1 Å². The summed E-state index contributed by atoms with van der Waals surface area (Å²) in [4.78, 5) is 16.1. The molecule has 3 aromatic rings. The fourth-order valence-electron chi connectivity index (χ4n) is 1.86. The molecular formula is C14H9FN2O2. The first-order chi connectivity index (χ1) is 9.16. The molecule has 94 valence electrons. The highest BCUT2D eigenvalue weighted by Crippen LogP contribution is 2.24. The molecule has 2 heterocycles. The zero-order valence-corrected chi connectivity index (χ0v) is 9.76. The molecule has 0 aliphatic carbocycles. The average molecular weight is 256 g/mol. The Morgan fingerprint density at radius 2 is 2.11 bits per heavy atom. The lowest BCUT2D eigenvalue weighted by Crippen LogP contribution is -2.06. The second kappa shape index (κ2) is 4.20. The van der Waals surface area contributed by atoms with E-state index in [1.54, 1.807) is 24.3 Å².